The smallest absolute Gasteiger partial charge is 0.397 e. The molecular weight excluding hydrogens is 405 g/mol. The van der Waals surface area contributed by atoms with Crippen LogP contribution >= 0.6 is 11.6 Å². The molecule has 2 aromatic carbocycles. The second-order valence-electron chi connectivity index (χ2n) is 6.33. The molecule has 0 spiro atoms. The van der Waals surface area contributed by atoms with Crippen LogP contribution < -0.4 is 16.4 Å². The molecule has 9 heteroatoms. The average Bonchev–Trinajstić information content (AvgIpc) is 3.04. The van der Waals surface area contributed by atoms with Crippen molar-refractivity contribution in [3.63, 3.8) is 0 Å². The Labute approximate surface area is 170 Å². The quantitative estimate of drug-likeness (QED) is 0.407. The van der Waals surface area contributed by atoms with Gasteiger partial charge >= 0.3 is 12.2 Å². The molecule has 1 aromatic heterocycles. The van der Waals surface area contributed by atoms with Gasteiger partial charge in [0.1, 0.15) is 0 Å². The number of benzene rings is 2. The largest absolute Gasteiger partial charge is 0.416 e. The molecule has 5 N–H and O–H groups in total. The summed E-state index contributed by atoms with van der Waals surface area (Å²) in [7, 11) is 0. The average molecular weight is 423 g/mol. The molecule has 152 valence electrons. The molecule has 0 atom stereocenters. The number of nitrogen functional groups attached to an aromatic ring is 1. The van der Waals surface area contributed by atoms with Gasteiger partial charge in [-0.15, -0.1) is 0 Å². The molecule has 0 bridgehead atoms. The van der Waals surface area contributed by atoms with Crippen molar-refractivity contribution < 1.29 is 18.0 Å². The molecule has 0 unspecified atom stereocenters. The topological polar surface area (TPSA) is 82.9 Å². The van der Waals surface area contributed by atoms with Crippen LogP contribution in [0, 0.1) is 0 Å². The number of hydrogen-bond acceptors (Lipinski definition) is 2. The first-order chi connectivity index (χ1) is 13.7. The maximum absolute atomic E-state index is 12.8. The maximum Gasteiger partial charge on any atom is 0.416 e. The molecule has 0 aliphatic heterocycles. The standard InChI is InChI=1S/C20H18ClF3N4O/c1-2-13-10-16(25)18(26-13)11-3-6-14(7-4-11)27-19(29)28-17-9-12(20(22,23)24)5-8-15(17)21/h3-10,26H,2,25H2,1H3,(H2,27,28,29). The molecule has 0 fully saturated rings. The van der Waals surface area contributed by atoms with Crippen LogP contribution in [0.25, 0.3) is 11.3 Å². The number of rotatable bonds is 4. The highest BCUT2D eigenvalue weighted by molar-refractivity contribution is 6.33. The molecule has 0 aliphatic carbocycles. The lowest BCUT2D eigenvalue weighted by Gasteiger charge is -2.12. The molecule has 29 heavy (non-hydrogen) atoms. The number of nitrogens with two attached hydrogens (primary N) is 1. The number of amides is 2. The van der Waals surface area contributed by atoms with Gasteiger partial charge in [-0.2, -0.15) is 13.2 Å². The Kier molecular flexibility index (Phi) is 5.74. The monoisotopic (exact) mass is 422 g/mol. The van der Waals surface area contributed by atoms with Crippen molar-refractivity contribution in [1.29, 1.82) is 0 Å². The van der Waals surface area contributed by atoms with E-state index in [1.165, 1.54) is 0 Å². The van der Waals surface area contributed by atoms with Gasteiger partial charge in [0.15, 0.2) is 0 Å². The Morgan fingerprint density at radius 1 is 1.10 bits per heavy atom. The Balaban J connectivity index is 1.71. The number of halogens is 4. The highest BCUT2D eigenvalue weighted by Gasteiger charge is 2.31. The van der Waals surface area contributed by atoms with Crippen LogP contribution in [0.1, 0.15) is 18.2 Å². The van der Waals surface area contributed by atoms with Crippen molar-refractivity contribution in [2.24, 2.45) is 0 Å². The number of anilines is 3. The van der Waals surface area contributed by atoms with Crippen LogP contribution in [0.4, 0.5) is 35.0 Å². The molecule has 3 rings (SSSR count). The maximum atomic E-state index is 12.8. The summed E-state index contributed by atoms with van der Waals surface area (Å²) in [5.74, 6) is 0. The molecule has 1 heterocycles. The van der Waals surface area contributed by atoms with Gasteiger partial charge in [0, 0.05) is 16.9 Å². The Morgan fingerprint density at radius 2 is 1.79 bits per heavy atom. The van der Waals surface area contributed by atoms with E-state index in [0.29, 0.717) is 11.4 Å². The molecule has 5 nitrogen and oxygen atoms in total. The fraction of sp³-hybridized carbons (Fsp3) is 0.150. The minimum Gasteiger partial charge on any atom is -0.397 e. The van der Waals surface area contributed by atoms with E-state index in [0.717, 1.165) is 41.6 Å². The van der Waals surface area contributed by atoms with Crippen molar-refractivity contribution in [2.45, 2.75) is 19.5 Å². The highest BCUT2D eigenvalue weighted by atomic mass is 35.5. The summed E-state index contributed by atoms with van der Waals surface area (Å²) in [5.41, 5.74) is 8.68. The highest BCUT2D eigenvalue weighted by Crippen LogP contribution is 2.34. The van der Waals surface area contributed by atoms with E-state index in [4.69, 9.17) is 17.3 Å². The number of alkyl halides is 3. The third-order valence-electron chi connectivity index (χ3n) is 4.26. The normalized spacial score (nSPS) is 11.3. The zero-order chi connectivity index (χ0) is 21.2. The lowest BCUT2D eigenvalue weighted by atomic mass is 10.1. The first kappa shape index (κ1) is 20.6. The van der Waals surface area contributed by atoms with Gasteiger partial charge < -0.3 is 21.4 Å². The number of aryl methyl sites for hydroxylation is 1. The van der Waals surface area contributed by atoms with E-state index in [2.05, 4.69) is 15.6 Å². The third kappa shape index (κ3) is 4.83. The predicted octanol–water partition coefficient (Wildman–Crippen LogP) is 6.14. The molecular formula is C20H18ClF3N4O. The van der Waals surface area contributed by atoms with Crippen molar-refractivity contribution in [2.75, 3.05) is 16.4 Å². The van der Waals surface area contributed by atoms with Crippen LogP contribution in [0.15, 0.2) is 48.5 Å². The Hall–Kier alpha value is -3.13. The lowest BCUT2D eigenvalue weighted by Crippen LogP contribution is -2.20. The van der Waals surface area contributed by atoms with E-state index >= 15 is 0 Å². The molecule has 0 radical (unpaired) electrons. The molecule has 2 amide bonds. The Bertz CT molecular complexity index is 1030. The van der Waals surface area contributed by atoms with Gasteiger partial charge in [-0.05, 0) is 42.8 Å². The van der Waals surface area contributed by atoms with Gasteiger partial charge in [0.2, 0.25) is 0 Å². The summed E-state index contributed by atoms with van der Waals surface area (Å²) in [6.45, 7) is 2.01. The second-order valence-corrected chi connectivity index (χ2v) is 6.73. The van der Waals surface area contributed by atoms with Crippen LogP contribution in [0.2, 0.25) is 5.02 Å². The van der Waals surface area contributed by atoms with Crippen LogP contribution in [0.5, 0.6) is 0 Å². The summed E-state index contributed by atoms with van der Waals surface area (Å²) in [6.07, 6.45) is -3.72. The van der Waals surface area contributed by atoms with Gasteiger partial charge in [0.25, 0.3) is 0 Å². The minimum atomic E-state index is -4.54. The number of nitrogens with one attached hydrogen (secondary N) is 3. The fourth-order valence-corrected chi connectivity index (χ4v) is 2.93. The van der Waals surface area contributed by atoms with E-state index in [9.17, 15) is 18.0 Å². The number of carbonyl (C=O) groups excluding carboxylic acids is 1. The third-order valence-corrected chi connectivity index (χ3v) is 4.59. The van der Waals surface area contributed by atoms with E-state index in [-0.39, 0.29) is 10.7 Å². The zero-order valence-corrected chi connectivity index (χ0v) is 16.1. The summed E-state index contributed by atoms with van der Waals surface area (Å²) < 4.78 is 38.5. The molecule has 0 saturated heterocycles. The Morgan fingerprint density at radius 3 is 2.38 bits per heavy atom. The number of aromatic nitrogens is 1. The van der Waals surface area contributed by atoms with Crippen molar-refractivity contribution in [1.82, 2.24) is 4.98 Å². The predicted molar refractivity (Wildman–Crippen MR) is 109 cm³/mol. The first-order valence-corrected chi connectivity index (χ1v) is 9.07. The summed E-state index contributed by atoms with van der Waals surface area (Å²) >= 11 is 5.89. The number of H-pyrrole nitrogens is 1. The summed E-state index contributed by atoms with van der Waals surface area (Å²) in [6, 6.07) is 10.7. The molecule has 0 saturated carbocycles. The van der Waals surface area contributed by atoms with Crippen molar-refractivity contribution in [3.05, 3.63) is 64.8 Å². The van der Waals surface area contributed by atoms with Crippen LogP contribution in [0.3, 0.4) is 0 Å². The first-order valence-electron chi connectivity index (χ1n) is 8.70. The number of urea groups is 1. The fourth-order valence-electron chi connectivity index (χ4n) is 2.76. The van der Waals surface area contributed by atoms with E-state index in [1.807, 2.05) is 13.0 Å². The number of aromatic amines is 1. The van der Waals surface area contributed by atoms with Gasteiger partial charge in [-0.25, -0.2) is 4.79 Å². The van der Waals surface area contributed by atoms with Crippen LogP contribution in [-0.4, -0.2) is 11.0 Å². The van der Waals surface area contributed by atoms with Crippen molar-refractivity contribution in [3.8, 4) is 11.3 Å². The van der Waals surface area contributed by atoms with Crippen molar-refractivity contribution >= 4 is 34.7 Å². The SMILES string of the molecule is CCc1cc(N)c(-c2ccc(NC(=O)Nc3cc(C(F)(F)F)ccc3Cl)cc2)[nH]1. The van der Waals surface area contributed by atoms with Crippen LogP contribution in [-0.2, 0) is 12.6 Å². The van der Waals surface area contributed by atoms with Gasteiger partial charge in [-0.1, -0.05) is 30.7 Å². The van der Waals surface area contributed by atoms with E-state index in [1.54, 1.807) is 24.3 Å². The molecule has 3 aromatic rings. The number of carbonyl (C=O) groups is 1. The number of hydrogen-bond donors (Lipinski definition) is 4. The minimum absolute atomic E-state index is 0.00236. The lowest BCUT2D eigenvalue weighted by molar-refractivity contribution is -0.137. The van der Waals surface area contributed by atoms with E-state index < -0.39 is 17.8 Å². The van der Waals surface area contributed by atoms with Gasteiger partial charge in [-0.3, -0.25) is 0 Å². The van der Waals surface area contributed by atoms with Gasteiger partial charge in [0.05, 0.1) is 27.7 Å². The summed E-state index contributed by atoms with van der Waals surface area (Å²) in [4.78, 5) is 15.4. The zero-order valence-electron chi connectivity index (χ0n) is 15.3. The molecule has 0 aliphatic rings. The summed E-state index contributed by atoms with van der Waals surface area (Å²) in [5, 5.41) is 4.88. The second kappa shape index (κ2) is 8.08.